The molecule has 0 fully saturated rings. The van der Waals surface area contributed by atoms with E-state index in [1.54, 1.807) is 6.07 Å². The van der Waals surface area contributed by atoms with Crippen LogP contribution in [-0.2, 0) is 0 Å². The molecule has 2 rings (SSSR count). The van der Waals surface area contributed by atoms with E-state index < -0.39 is 0 Å². The molecule has 0 atom stereocenters. The van der Waals surface area contributed by atoms with Crippen molar-refractivity contribution in [2.75, 3.05) is 0 Å². The van der Waals surface area contributed by atoms with Gasteiger partial charge in [0.25, 0.3) is 0 Å². The lowest BCUT2D eigenvalue weighted by molar-refractivity contribution is 0.627. The van der Waals surface area contributed by atoms with Gasteiger partial charge in [0.1, 0.15) is 5.82 Å². The van der Waals surface area contributed by atoms with Gasteiger partial charge in [-0.3, -0.25) is 0 Å². The van der Waals surface area contributed by atoms with Crippen molar-refractivity contribution >= 4 is 31.9 Å². The van der Waals surface area contributed by atoms with Crippen molar-refractivity contribution in [2.24, 2.45) is 0 Å². The van der Waals surface area contributed by atoms with Crippen LogP contribution in [0.5, 0.6) is 0 Å². The highest BCUT2D eigenvalue weighted by Crippen LogP contribution is 2.34. The normalized spacial score (nSPS) is 10.5. The minimum Gasteiger partial charge on any atom is -0.207 e. The SMILES string of the molecule is Cc1ccc(-c2ccc(F)cc2Br)c(Br)c1. The standard InChI is InChI=1S/C13H9Br2F/c1-8-2-4-10(12(14)6-8)11-5-3-9(16)7-13(11)15/h2-7H,1H3. The van der Waals surface area contributed by atoms with Crippen LogP contribution in [0.15, 0.2) is 45.3 Å². The zero-order valence-electron chi connectivity index (χ0n) is 8.60. The quantitative estimate of drug-likeness (QED) is 0.656. The molecule has 0 aliphatic heterocycles. The van der Waals surface area contributed by atoms with Crippen molar-refractivity contribution in [1.29, 1.82) is 0 Å². The fourth-order valence-corrected chi connectivity index (χ4v) is 2.82. The van der Waals surface area contributed by atoms with Gasteiger partial charge in [-0.25, -0.2) is 4.39 Å². The number of aryl methyl sites for hydroxylation is 1. The molecule has 16 heavy (non-hydrogen) atoms. The zero-order chi connectivity index (χ0) is 11.7. The van der Waals surface area contributed by atoms with Gasteiger partial charge in [0, 0.05) is 8.95 Å². The fourth-order valence-electron chi connectivity index (χ4n) is 1.55. The largest absolute Gasteiger partial charge is 0.207 e. The summed E-state index contributed by atoms with van der Waals surface area (Å²) in [5, 5.41) is 0. The molecule has 0 nitrogen and oxygen atoms in total. The van der Waals surface area contributed by atoms with Crippen LogP contribution >= 0.6 is 31.9 Å². The Morgan fingerprint density at radius 2 is 1.44 bits per heavy atom. The van der Waals surface area contributed by atoms with Gasteiger partial charge in [-0.15, -0.1) is 0 Å². The highest BCUT2D eigenvalue weighted by atomic mass is 79.9. The van der Waals surface area contributed by atoms with Crippen LogP contribution in [0.25, 0.3) is 11.1 Å². The van der Waals surface area contributed by atoms with E-state index in [-0.39, 0.29) is 5.82 Å². The molecule has 0 unspecified atom stereocenters. The molecular formula is C13H9Br2F. The Labute approximate surface area is 111 Å². The first-order valence-electron chi connectivity index (χ1n) is 4.79. The van der Waals surface area contributed by atoms with Gasteiger partial charge in [0.05, 0.1) is 0 Å². The van der Waals surface area contributed by atoms with E-state index in [9.17, 15) is 4.39 Å². The second-order valence-electron chi connectivity index (χ2n) is 3.61. The van der Waals surface area contributed by atoms with Gasteiger partial charge >= 0.3 is 0 Å². The predicted octanol–water partition coefficient (Wildman–Crippen LogP) is 5.33. The minimum atomic E-state index is -0.237. The second-order valence-corrected chi connectivity index (χ2v) is 5.32. The molecule has 2 aromatic rings. The van der Waals surface area contributed by atoms with Crippen LogP contribution in [0.3, 0.4) is 0 Å². The van der Waals surface area contributed by atoms with Crippen LogP contribution in [0, 0.1) is 12.7 Å². The van der Waals surface area contributed by atoms with Crippen LogP contribution in [-0.4, -0.2) is 0 Å². The summed E-state index contributed by atoms with van der Waals surface area (Å²) in [6, 6.07) is 10.8. The Hall–Kier alpha value is -0.670. The Balaban J connectivity index is 2.59. The van der Waals surface area contributed by atoms with Crippen LogP contribution in [0.4, 0.5) is 4.39 Å². The molecular weight excluding hydrogens is 335 g/mol. The third-order valence-corrected chi connectivity index (χ3v) is 3.66. The summed E-state index contributed by atoms with van der Waals surface area (Å²) < 4.78 is 14.8. The minimum absolute atomic E-state index is 0.237. The first-order valence-corrected chi connectivity index (χ1v) is 6.38. The van der Waals surface area contributed by atoms with E-state index in [4.69, 9.17) is 0 Å². The maximum Gasteiger partial charge on any atom is 0.124 e. The van der Waals surface area contributed by atoms with E-state index in [0.29, 0.717) is 0 Å². The Morgan fingerprint density at radius 1 is 0.875 bits per heavy atom. The predicted molar refractivity (Wildman–Crippen MR) is 72.0 cm³/mol. The van der Waals surface area contributed by atoms with Crippen molar-refractivity contribution in [1.82, 2.24) is 0 Å². The number of hydrogen-bond donors (Lipinski definition) is 0. The summed E-state index contributed by atoms with van der Waals surface area (Å²) in [6.45, 7) is 2.04. The summed E-state index contributed by atoms with van der Waals surface area (Å²) in [5.41, 5.74) is 3.22. The number of benzene rings is 2. The topological polar surface area (TPSA) is 0 Å². The fraction of sp³-hybridized carbons (Fsp3) is 0.0769. The van der Waals surface area contributed by atoms with Gasteiger partial charge < -0.3 is 0 Å². The Kier molecular flexibility index (Phi) is 3.45. The van der Waals surface area contributed by atoms with Crippen LogP contribution in [0.1, 0.15) is 5.56 Å². The Morgan fingerprint density at radius 3 is 2.00 bits per heavy atom. The molecule has 2 aromatic carbocycles. The lowest BCUT2D eigenvalue weighted by atomic mass is 10.0. The maximum absolute atomic E-state index is 13.0. The first kappa shape index (κ1) is 11.8. The average molecular weight is 344 g/mol. The van der Waals surface area contributed by atoms with Crippen LogP contribution in [0.2, 0.25) is 0 Å². The van der Waals surface area contributed by atoms with E-state index in [1.165, 1.54) is 17.7 Å². The molecule has 0 aromatic heterocycles. The highest BCUT2D eigenvalue weighted by Gasteiger charge is 2.07. The molecule has 0 aliphatic rings. The summed E-state index contributed by atoms with van der Waals surface area (Å²) in [7, 11) is 0. The van der Waals surface area contributed by atoms with E-state index in [1.807, 2.05) is 25.1 Å². The molecule has 0 saturated heterocycles. The molecule has 0 amide bonds. The maximum atomic E-state index is 13.0. The highest BCUT2D eigenvalue weighted by molar-refractivity contribution is 9.11. The molecule has 0 radical (unpaired) electrons. The molecule has 3 heteroatoms. The molecule has 0 N–H and O–H groups in total. The molecule has 0 bridgehead atoms. The third-order valence-electron chi connectivity index (χ3n) is 2.35. The van der Waals surface area contributed by atoms with Crippen molar-refractivity contribution in [2.45, 2.75) is 6.92 Å². The second kappa shape index (κ2) is 4.68. The lowest BCUT2D eigenvalue weighted by Crippen LogP contribution is -1.84. The molecule has 82 valence electrons. The van der Waals surface area contributed by atoms with E-state index >= 15 is 0 Å². The van der Waals surface area contributed by atoms with Gasteiger partial charge in [0.2, 0.25) is 0 Å². The molecule has 0 spiro atoms. The van der Waals surface area contributed by atoms with Crippen molar-refractivity contribution in [3.05, 3.63) is 56.7 Å². The van der Waals surface area contributed by atoms with E-state index in [0.717, 1.165) is 20.1 Å². The van der Waals surface area contributed by atoms with Gasteiger partial charge in [-0.05, 0) is 41.8 Å². The Bertz CT molecular complexity index is 486. The molecule has 0 aliphatic carbocycles. The summed E-state index contributed by atoms with van der Waals surface area (Å²) >= 11 is 6.90. The monoisotopic (exact) mass is 342 g/mol. The van der Waals surface area contributed by atoms with E-state index in [2.05, 4.69) is 31.9 Å². The van der Waals surface area contributed by atoms with Gasteiger partial charge in [0.15, 0.2) is 0 Å². The zero-order valence-corrected chi connectivity index (χ0v) is 11.8. The van der Waals surface area contributed by atoms with Crippen molar-refractivity contribution in [3.8, 4) is 11.1 Å². The molecule has 0 heterocycles. The number of hydrogen-bond acceptors (Lipinski definition) is 0. The lowest BCUT2D eigenvalue weighted by Gasteiger charge is -2.08. The number of halogens is 3. The number of rotatable bonds is 1. The third kappa shape index (κ3) is 2.36. The van der Waals surface area contributed by atoms with Gasteiger partial charge in [-0.1, -0.05) is 50.1 Å². The van der Waals surface area contributed by atoms with Crippen molar-refractivity contribution in [3.63, 3.8) is 0 Å². The summed E-state index contributed by atoms with van der Waals surface area (Å²) in [4.78, 5) is 0. The van der Waals surface area contributed by atoms with Crippen molar-refractivity contribution < 1.29 is 4.39 Å². The average Bonchev–Trinajstić information content (AvgIpc) is 2.19. The first-order chi connectivity index (χ1) is 7.58. The van der Waals surface area contributed by atoms with Gasteiger partial charge in [-0.2, -0.15) is 0 Å². The summed E-state index contributed by atoms with van der Waals surface area (Å²) in [6.07, 6.45) is 0. The summed E-state index contributed by atoms with van der Waals surface area (Å²) in [5.74, 6) is -0.237. The van der Waals surface area contributed by atoms with Crippen LogP contribution < -0.4 is 0 Å². The molecule has 0 saturated carbocycles. The smallest absolute Gasteiger partial charge is 0.124 e.